The summed E-state index contributed by atoms with van der Waals surface area (Å²) in [6.45, 7) is 0. The average Bonchev–Trinajstić information content (AvgIpc) is 2.15. The first-order valence-electron chi connectivity index (χ1n) is 3.62. The van der Waals surface area contributed by atoms with E-state index in [1.165, 1.54) is 6.08 Å². The summed E-state index contributed by atoms with van der Waals surface area (Å²) in [7, 11) is 0. The molecule has 0 atom stereocenters. The number of hydrogen-bond acceptors (Lipinski definition) is 3. The van der Waals surface area contributed by atoms with Crippen LogP contribution in [0.3, 0.4) is 0 Å². The molecule has 64 valence electrons. The van der Waals surface area contributed by atoms with Gasteiger partial charge in [-0.15, -0.1) is 0 Å². The smallest absolute Gasteiger partial charge is 0.101 e. The quantitative estimate of drug-likeness (QED) is 0.477. The zero-order chi connectivity index (χ0) is 9.68. The van der Waals surface area contributed by atoms with Crippen molar-refractivity contribution in [1.29, 1.82) is 5.26 Å². The van der Waals surface area contributed by atoms with E-state index < -0.39 is 5.97 Å². The standard InChI is InChI=1S/C10H7NO2/c11-7-9(10(12)13)6-8-4-2-1-3-5-8/h1-6H,(H,12,13)/p-1/b9-6+. The Balaban J connectivity index is 3.01. The lowest BCUT2D eigenvalue weighted by Crippen LogP contribution is -2.23. The number of benzene rings is 1. The topological polar surface area (TPSA) is 63.9 Å². The number of carbonyl (C=O) groups excluding carboxylic acids is 1. The first kappa shape index (κ1) is 9.01. The maximum absolute atomic E-state index is 10.3. The van der Waals surface area contributed by atoms with Gasteiger partial charge in [0.1, 0.15) is 6.07 Å². The van der Waals surface area contributed by atoms with Gasteiger partial charge in [0.05, 0.1) is 11.5 Å². The normalized spacial score (nSPS) is 10.5. The number of carboxylic acid groups (broad SMARTS) is 1. The fourth-order valence-electron chi connectivity index (χ4n) is 0.853. The molecule has 3 heteroatoms. The fourth-order valence-corrected chi connectivity index (χ4v) is 0.853. The number of carboxylic acids is 1. The fraction of sp³-hybridized carbons (Fsp3) is 0. The van der Waals surface area contributed by atoms with Gasteiger partial charge in [0.15, 0.2) is 0 Å². The maximum Gasteiger partial charge on any atom is 0.101 e. The van der Waals surface area contributed by atoms with Gasteiger partial charge in [-0.25, -0.2) is 0 Å². The molecule has 0 aliphatic heterocycles. The molecule has 0 N–H and O–H groups in total. The summed E-state index contributed by atoms with van der Waals surface area (Å²) in [5.41, 5.74) is 0.300. The SMILES string of the molecule is N#C/C(=C\c1ccccc1)C(=O)[O-]. The van der Waals surface area contributed by atoms with Crippen LogP contribution < -0.4 is 5.11 Å². The number of nitrogens with zero attached hydrogens (tertiary/aromatic N) is 1. The van der Waals surface area contributed by atoms with Crippen LogP contribution >= 0.6 is 0 Å². The molecular weight excluding hydrogens is 166 g/mol. The Labute approximate surface area is 75.5 Å². The minimum atomic E-state index is -1.45. The highest BCUT2D eigenvalue weighted by Gasteiger charge is 1.95. The van der Waals surface area contributed by atoms with E-state index in [1.54, 1.807) is 30.3 Å². The molecule has 0 aromatic heterocycles. The predicted octanol–water partition coefficient (Wildman–Crippen LogP) is 0.343. The highest BCUT2D eigenvalue weighted by molar-refractivity contribution is 5.94. The lowest BCUT2D eigenvalue weighted by molar-refractivity contribution is -0.298. The number of carbonyl (C=O) groups is 1. The largest absolute Gasteiger partial charge is 0.544 e. The number of hydrogen-bond donors (Lipinski definition) is 0. The van der Waals surface area contributed by atoms with Crippen LogP contribution in [0.2, 0.25) is 0 Å². The molecule has 1 aromatic carbocycles. The Morgan fingerprint density at radius 1 is 1.38 bits per heavy atom. The third-order valence-corrected chi connectivity index (χ3v) is 1.45. The summed E-state index contributed by atoms with van der Waals surface area (Å²) in [5.74, 6) is -1.45. The molecular formula is C10H6NO2-. The van der Waals surface area contributed by atoms with Crippen LogP contribution in [-0.4, -0.2) is 5.97 Å². The highest BCUT2D eigenvalue weighted by Crippen LogP contribution is 2.04. The Kier molecular flexibility index (Phi) is 2.82. The molecule has 0 saturated heterocycles. The van der Waals surface area contributed by atoms with Gasteiger partial charge in [-0.3, -0.25) is 0 Å². The third-order valence-electron chi connectivity index (χ3n) is 1.45. The molecule has 0 fully saturated rings. The Morgan fingerprint density at radius 3 is 2.46 bits per heavy atom. The second-order valence-corrected chi connectivity index (χ2v) is 2.37. The van der Waals surface area contributed by atoms with E-state index in [2.05, 4.69) is 0 Å². The van der Waals surface area contributed by atoms with Gasteiger partial charge in [0.2, 0.25) is 0 Å². The first-order chi connectivity index (χ1) is 6.24. The van der Waals surface area contributed by atoms with Gasteiger partial charge in [-0.05, 0) is 11.6 Å². The van der Waals surface area contributed by atoms with Crippen LogP contribution in [-0.2, 0) is 4.79 Å². The second kappa shape index (κ2) is 4.07. The van der Waals surface area contributed by atoms with Gasteiger partial charge < -0.3 is 9.90 Å². The lowest BCUT2D eigenvalue weighted by Gasteiger charge is -1.98. The lowest BCUT2D eigenvalue weighted by atomic mass is 10.1. The van der Waals surface area contributed by atoms with E-state index in [0.717, 1.165) is 0 Å². The minimum Gasteiger partial charge on any atom is -0.544 e. The van der Waals surface area contributed by atoms with Crippen LogP contribution in [0.25, 0.3) is 6.08 Å². The average molecular weight is 172 g/mol. The minimum absolute atomic E-state index is 0.369. The van der Waals surface area contributed by atoms with Crippen LogP contribution in [0, 0.1) is 11.3 Å². The summed E-state index contributed by atoms with van der Waals surface area (Å²) in [6, 6.07) is 10.3. The number of aliphatic carboxylic acids is 1. The Morgan fingerprint density at radius 2 is 2.00 bits per heavy atom. The van der Waals surface area contributed by atoms with Crippen molar-refractivity contribution >= 4 is 12.0 Å². The van der Waals surface area contributed by atoms with Crippen molar-refractivity contribution < 1.29 is 9.90 Å². The van der Waals surface area contributed by atoms with E-state index in [0.29, 0.717) is 5.56 Å². The highest BCUT2D eigenvalue weighted by atomic mass is 16.4. The molecule has 0 spiro atoms. The molecule has 0 saturated carbocycles. The first-order valence-corrected chi connectivity index (χ1v) is 3.62. The number of nitriles is 1. The van der Waals surface area contributed by atoms with E-state index in [9.17, 15) is 9.90 Å². The van der Waals surface area contributed by atoms with Crippen LogP contribution in [0.4, 0.5) is 0 Å². The Bertz CT molecular complexity index is 374. The van der Waals surface area contributed by atoms with Gasteiger partial charge in [-0.2, -0.15) is 5.26 Å². The maximum atomic E-state index is 10.3. The summed E-state index contributed by atoms with van der Waals surface area (Å²) in [5, 5.41) is 18.8. The molecule has 0 aliphatic rings. The third kappa shape index (κ3) is 2.46. The van der Waals surface area contributed by atoms with E-state index in [4.69, 9.17) is 5.26 Å². The summed E-state index contributed by atoms with van der Waals surface area (Å²) in [4.78, 5) is 10.3. The molecule has 1 rings (SSSR count). The second-order valence-electron chi connectivity index (χ2n) is 2.37. The summed E-state index contributed by atoms with van der Waals surface area (Å²) < 4.78 is 0. The molecule has 0 heterocycles. The van der Waals surface area contributed by atoms with Crippen LogP contribution in [0.5, 0.6) is 0 Å². The van der Waals surface area contributed by atoms with Gasteiger partial charge in [0, 0.05) is 0 Å². The van der Waals surface area contributed by atoms with Gasteiger partial charge in [0.25, 0.3) is 0 Å². The van der Waals surface area contributed by atoms with Crippen molar-refractivity contribution in [2.24, 2.45) is 0 Å². The monoisotopic (exact) mass is 172 g/mol. The molecule has 0 amide bonds. The molecule has 0 unspecified atom stereocenters. The summed E-state index contributed by atoms with van der Waals surface area (Å²) in [6.07, 6.45) is 1.27. The van der Waals surface area contributed by atoms with Crippen LogP contribution in [0.1, 0.15) is 5.56 Å². The van der Waals surface area contributed by atoms with E-state index in [1.807, 2.05) is 6.07 Å². The predicted molar refractivity (Wildman–Crippen MR) is 45.0 cm³/mol. The molecule has 3 nitrogen and oxygen atoms in total. The zero-order valence-electron chi connectivity index (χ0n) is 6.73. The van der Waals surface area contributed by atoms with Crippen molar-refractivity contribution in [2.45, 2.75) is 0 Å². The molecule has 13 heavy (non-hydrogen) atoms. The van der Waals surface area contributed by atoms with Crippen molar-refractivity contribution in [3.8, 4) is 6.07 Å². The van der Waals surface area contributed by atoms with Crippen molar-refractivity contribution in [2.75, 3.05) is 0 Å². The molecule has 0 bridgehead atoms. The van der Waals surface area contributed by atoms with E-state index >= 15 is 0 Å². The molecule has 1 aromatic rings. The van der Waals surface area contributed by atoms with E-state index in [-0.39, 0.29) is 5.57 Å². The Hall–Kier alpha value is -2.08. The van der Waals surface area contributed by atoms with Crippen molar-refractivity contribution in [1.82, 2.24) is 0 Å². The van der Waals surface area contributed by atoms with Crippen molar-refractivity contribution in [3.05, 3.63) is 41.5 Å². The van der Waals surface area contributed by atoms with Gasteiger partial charge in [-0.1, -0.05) is 30.3 Å². The zero-order valence-corrected chi connectivity index (χ0v) is 6.73. The molecule has 0 aliphatic carbocycles. The van der Waals surface area contributed by atoms with Gasteiger partial charge >= 0.3 is 0 Å². The van der Waals surface area contributed by atoms with Crippen LogP contribution in [0.15, 0.2) is 35.9 Å². The van der Waals surface area contributed by atoms with Crippen molar-refractivity contribution in [3.63, 3.8) is 0 Å². The number of rotatable bonds is 2. The summed E-state index contributed by atoms with van der Waals surface area (Å²) >= 11 is 0. The molecule has 0 radical (unpaired) electrons.